The molecule has 0 unspecified atom stereocenters. The van der Waals surface area contributed by atoms with E-state index in [0.29, 0.717) is 6.42 Å². The van der Waals surface area contributed by atoms with Crippen LogP contribution in [0, 0.1) is 6.92 Å². The Kier molecular flexibility index (Phi) is 4.80. The minimum Gasteiger partial charge on any atom is -0.386 e. The number of nitrogens with two attached hydrogens (primary N) is 1. The van der Waals surface area contributed by atoms with Crippen molar-refractivity contribution in [2.24, 2.45) is 10.7 Å². The monoisotopic (exact) mass is 426 g/mol. The third-order valence-corrected chi connectivity index (χ3v) is 8.89. The van der Waals surface area contributed by atoms with Crippen molar-refractivity contribution in [3.05, 3.63) is 58.7 Å². The molecule has 0 radical (unpaired) electrons. The summed E-state index contributed by atoms with van der Waals surface area (Å²) in [6.45, 7) is 5.08. The lowest BCUT2D eigenvalue weighted by atomic mass is 9.76. The van der Waals surface area contributed by atoms with Crippen molar-refractivity contribution < 1.29 is 13.2 Å². The fraction of sp³-hybridized carbons (Fsp3) is 0.455. The highest BCUT2D eigenvalue weighted by Crippen LogP contribution is 2.44. The van der Waals surface area contributed by atoms with Crippen molar-refractivity contribution in [3.63, 3.8) is 0 Å². The van der Waals surface area contributed by atoms with Crippen LogP contribution in [0.3, 0.4) is 0 Å². The van der Waals surface area contributed by atoms with Crippen molar-refractivity contribution in [3.8, 4) is 0 Å². The molecule has 0 fully saturated rings. The molecular formula is C22H26N4O3S. The Morgan fingerprint density at radius 2 is 1.90 bits per heavy atom. The summed E-state index contributed by atoms with van der Waals surface area (Å²) in [5.74, 6) is 0.0766. The number of Topliss-reactive ketones (excluding diaryl/α,β-unsaturated/α-hetero) is 1. The molecule has 1 atom stereocenters. The molecule has 2 N–H and O–H groups in total. The highest BCUT2D eigenvalue weighted by Gasteiger charge is 2.51. The molecule has 1 aliphatic carbocycles. The van der Waals surface area contributed by atoms with Gasteiger partial charge in [0, 0.05) is 18.8 Å². The van der Waals surface area contributed by atoms with E-state index in [0.717, 1.165) is 35.1 Å². The predicted octanol–water partition coefficient (Wildman–Crippen LogP) is 2.31. The average Bonchev–Trinajstić information content (AvgIpc) is 2.67. The molecule has 2 aromatic rings. The fourth-order valence-corrected chi connectivity index (χ4v) is 5.93. The largest absolute Gasteiger partial charge is 0.386 e. The highest BCUT2D eigenvalue weighted by molar-refractivity contribution is 7.93. The maximum Gasteiger partial charge on any atom is 0.204 e. The van der Waals surface area contributed by atoms with Gasteiger partial charge in [0.05, 0.1) is 5.75 Å². The van der Waals surface area contributed by atoms with Crippen LogP contribution >= 0.6 is 0 Å². The fourth-order valence-electron chi connectivity index (χ4n) is 4.21. The van der Waals surface area contributed by atoms with E-state index >= 15 is 0 Å². The highest BCUT2D eigenvalue weighted by atomic mass is 32.2. The number of aromatic nitrogens is 2. The number of aliphatic imine (C=N–C) groups is 1. The molecule has 0 bridgehead atoms. The van der Waals surface area contributed by atoms with Gasteiger partial charge >= 0.3 is 0 Å². The van der Waals surface area contributed by atoms with Crippen molar-refractivity contribution >= 4 is 21.5 Å². The van der Waals surface area contributed by atoms with Gasteiger partial charge in [-0.15, -0.1) is 0 Å². The zero-order valence-corrected chi connectivity index (χ0v) is 18.3. The SMILES string of the molecule is Cc1cnc(C(=O)Cc2ccc3c(c2)[C@]2(CCC3)CS(=O)(=O)C(C)(C)C(N)=N2)nc1. The molecule has 2 aliphatic rings. The molecular weight excluding hydrogens is 400 g/mol. The lowest BCUT2D eigenvalue weighted by Crippen LogP contribution is -2.56. The molecule has 1 aliphatic heterocycles. The Labute approximate surface area is 176 Å². The smallest absolute Gasteiger partial charge is 0.204 e. The van der Waals surface area contributed by atoms with Gasteiger partial charge in [-0.25, -0.2) is 18.4 Å². The van der Waals surface area contributed by atoms with Gasteiger partial charge < -0.3 is 5.73 Å². The predicted molar refractivity (Wildman–Crippen MR) is 115 cm³/mol. The van der Waals surface area contributed by atoms with Crippen LogP contribution in [0.25, 0.3) is 0 Å². The maximum absolute atomic E-state index is 13.0. The molecule has 4 rings (SSSR count). The van der Waals surface area contributed by atoms with Gasteiger partial charge in [0.1, 0.15) is 16.1 Å². The Balaban J connectivity index is 1.73. The van der Waals surface area contributed by atoms with Crippen molar-refractivity contribution in [2.45, 2.75) is 56.7 Å². The first kappa shape index (κ1) is 20.7. The Bertz CT molecular complexity index is 1150. The second-order valence-corrected chi connectivity index (χ2v) is 11.4. The third-order valence-electron chi connectivity index (χ3n) is 6.26. The third kappa shape index (κ3) is 3.33. The van der Waals surface area contributed by atoms with Crippen LogP contribution in [0.5, 0.6) is 0 Å². The Morgan fingerprint density at radius 3 is 2.57 bits per heavy atom. The topological polar surface area (TPSA) is 115 Å². The van der Waals surface area contributed by atoms with Crippen molar-refractivity contribution in [2.75, 3.05) is 5.75 Å². The van der Waals surface area contributed by atoms with E-state index in [1.165, 1.54) is 0 Å². The van der Waals surface area contributed by atoms with Crippen LogP contribution in [-0.2, 0) is 28.2 Å². The van der Waals surface area contributed by atoms with Gasteiger partial charge in [-0.1, -0.05) is 18.2 Å². The molecule has 1 aromatic heterocycles. The van der Waals surface area contributed by atoms with E-state index in [1.54, 1.807) is 26.2 Å². The second kappa shape index (κ2) is 6.97. The van der Waals surface area contributed by atoms with Crippen LogP contribution in [0.4, 0.5) is 0 Å². The molecule has 7 nitrogen and oxygen atoms in total. The first-order chi connectivity index (χ1) is 14.0. The number of carbonyl (C=O) groups excluding carboxylic acids is 1. The average molecular weight is 427 g/mol. The first-order valence-electron chi connectivity index (χ1n) is 10.1. The Morgan fingerprint density at radius 1 is 1.20 bits per heavy atom. The van der Waals surface area contributed by atoms with Crippen LogP contribution in [-0.4, -0.2) is 40.5 Å². The summed E-state index contributed by atoms with van der Waals surface area (Å²) in [6, 6.07) is 5.82. The van der Waals surface area contributed by atoms with E-state index in [1.807, 2.05) is 25.1 Å². The number of ketones is 1. The van der Waals surface area contributed by atoms with Crippen molar-refractivity contribution in [1.82, 2.24) is 9.97 Å². The zero-order chi connectivity index (χ0) is 21.7. The zero-order valence-electron chi connectivity index (χ0n) is 17.5. The van der Waals surface area contributed by atoms with Gasteiger partial charge in [0.15, 0.2) is 15.7 Å². The van der Waals surface area contributed by atoms with Crippen LogP contribution in [0.1, 0.15) is 59.6 Å². The van der Waals surface area contributed by atoms with Gasteiger partial charge in [0.25, 0.3) is 0 Å². The summed E-state index contributed by atoms with van der Waals surface area (Å²) < 4.78 is 24.9. The number of hydrogen-bond donors (Lipinski definition) is 1. The number of sulfone groups is 1. The van der Waals surface area contributed by atoms with E-state index in [4.69, 9.17) is 10.7 Å². The molecule has 30 heavy (non-hydrogen) atoms. The lowest BCUT2D eigenvalue weighted by molar-refractivity contribution is 0.0983. The summed E-state index contributed by atoms with van der Waals surface area (Å²) in [4.78, 5) is 25.6. The number of rotatable bonds is 3. The summed E-state index contributed by atoms with van der Waals surface area (Å²) in [5.41, 5.74) is 8.89. The molecule has 8 heteroatoms. The van der Waals surface area contributed by atoms with E-state index in [-0.39, 0.29) is 29.6 Å². The second-order valence-electron chi connectivity index (χ2n) is 8.83. The molecule has 0 amide bonds. The number of fused-ring (bicyclic) bond motifs is 2. The van der Waals surface area contributed by atoms with Gasteiger partial charge in [-0.3, -0.25) is 9.79 Å². The van der Waals surface area contributed by atoms with Crippen LogP contribution in [0.2, 0.25) is 0 Å². The number of carbonyl (C=O) groups is 1. The normalized spacial score (nSPS) is 24.2. The van der Waals surface area contributed by atoms with Crippen molar-refractivity contribution in [1.29, 1.82) is 0 Å². The summed E-state index contributed by atoms with van der Waals surface area (Å²) in [6.07, 6.45) is 5.70. The van der Waals surface area contributed by atoms with Gasteiger partial charge in [0.2, 0.25) is 5.78 Å². The summed E-state index contributed by atoms with van der Waals surface area (Å²) in [5, 5.41) is 0. The van der Waals surface area contributed by atoms with Crippen LogP contribution in [0.15, 0.2) is 35.6 Å². The van der Waals surface area contributed by atoms with Gasteiger partial charge in [-0.05, 0) is 62.3 Å². The molecule has 0 saturated carbocycles. The summed E-state index contributed by atoms with van der Waals surface area (Å²) >= 11 is 0. The lowest BCUT2D eigenvalue weighted by Gasteiger charge is -2.43. The van der Waals surface area contributed by atoms with Crippen LogP contribution < -0.4 is 5.73 Å². The van der Waals surface area contributed by atoms with E-state index < -0.39 is 20.1 Å². The number of hydrogen-bond acceptors (Lipinski definition) is 7. The molecule has 158 valence electrons. The first-order valence-corrected chi connectivity index (χ1v) is 11.7. The Hall–Kier alpha value is -2.61. The number of benzene rings is 1. The summed E-state index contributed by atoms with van der Waals surface area (Å²) in [7, 11) is -3.49. The molecule has 1 aromatic carbocycles. The van der Waals surface area contributed by atoms with E-state index in [2.05, 4.69) is 9.97 Å². The molecule has 1 spiro atoms. The van der Waals surface area contributed by atoms with Gasteiger partial charge in [-0.2, -0.15) is 0 Å². The quantitative estimate of drug-likeness (QED) is 0.753. The number of aryl methyl sites for hydroxylation is 2. The maximum atomic E-state index is 13.0. The number of nitrogens with zero attached hydrogens (tertiary/aromatic N) is 3. The minimum absolute atomic E-state index is 0.0703. The minimum atomic E-state index is -3.49. The van der Waals surface area contributed by atoms with E-state index in [9.17, 15) is 13.2 Å². The molecule has 0 saturated heterocycles. The standard InChI is InChI=1S/C22H26N4O3S/c1-14-11-24-19(25-12-14)18(27)10-15-6-7-16-5-4-8-22(17(16)9-15)13-30(28,29)21(2,3)20(23)26-22/h6-7,9,11-12H,4-5,8,10,13H2,1-3H3,(H2,23,26)/t22-/m0/s1. The number of amidine groups is 1. The molecule has 2 heterocycles.